The molecule has 2 rings (SSSR count). The zero-order valence-electron chi connectivity index (χ0n) is 12.8. The van der Waals surface area contributed by atoms with E-state index < -0.39 is 0 Å². The van der Waals surface area contributed by atoms with Gasteiger partial charge in [0, 0.05) is 5.56 Å². The molecule has 2 atom stereocenters. The molecule has 1 fully saturated rings. The number of rotatable bonds is 3. The number of para-hydroxylation sites is 1. The van der Waals surface area contributed by atoms with Gasteiger partial charge in [-0.3, -0.25) is 0 Å². The summed E-state index contributed by atoms with van der Waals surface area (Å²) in [6.45, 7) is 4.69. The van der Waals surface area contributed by atoms with Crippen LogP contribution in [-0.4, -0.2) is 14.2 Å². The smallest absolute Gasteiger partial charge is 0.173 e. The van der Waals surface area contributed by atoms with Crippen LogP contribution in [0.4, 0.5) is 0 Å². The van der Waals surface area contributed by atoms with Crippen LogP contribution >= 0.6 is 0 Å². The highest BCUT2D eigenvalue weighted by atomic mass is 16.5. The molecule has 0 heterocycles. The predicted molar refractivity (Wildman–Crippen MR) is 79.7 cm³/mol. The fraction of sp³-hybridized carbons (Fsp3) is 0.562. The first-order valence-corrected chi connectivity index (χ1v) is 6.86. The summed E-state index contributed by atoms with van der Waals surface area (Å²) in [5.41, 5.74) is 5.67. The molecular formula is C16H24N2O2. The first kappa shape index (κ1) is 16.2. The summed E-state index contributed by atoms with van der Waals surface area (Å²) in [6, 6.07) is 6.21. The third-order valence-corrected chi connectivity index (χ3v) is 4.44. The van der Waals surface area contributed by atoms with Gasteiger partial charge >= 0.3 is 0 Å². The lowest BCUT2D eigenvalue weighted by Crippen LogP contribution is -2.25. The van der Waals surface area contributed by atoms with Crippen LogP contribution in [0.1, 0.15) is 38.7 Å². The van der Waals surface area contributed by atoms with Gasteiger partial charge in [-0.1, -0.05) is 32.4 Å². The Labute approximate surface area is 121 Å². The number of ether oxygens (including phenoxy) is 2. The van der Waals surface area contributed by atoms with E-state index in [1.807, 2.05) is 6.07 Å². The molecule has 110 valence electrons. The Bertz CT molecular complexity index is 482. The van der Waals surface area contributed by atoms with Crippen molar-refractivity contribution >= 4 is 0 Å². The molecule has 0 bridgehead atoms. The number of benzene rings is 1. The first-order valence-electron chi connectivity index (χ1n) is 6.86. The van der Waals surface area contributed by atoms with Crippen LogP contribution in [-0.2, 0) is 5.41 Å². The fourth-order valence-corrected chi connectivity index (χ4v) is 3.08. The molecule has 1 aromatic rings. The van der Waals surface area contributed by atoms with E-state index in [4.69, 9.17) is 14.7 Å². The SMILES string of the molecule is COc1cccc(C2(C)CCCC2C)c1OC.N#CN. The van der Waals surface area contributed by atoms with Crippen LogP contribution in [0.5, 0.6) is 11.5 Å². The Morgan fingerprint density at radius 1 is 1.35 bits per heavy atom. The molecule has 4 nitrogen and oxygen atoms in total. The molecular weight excluding hydrogens is 252 g/mol. The van der Waals surface area contributed by atoms with Crippen LogP contribution in [0.15, 0.2) is 18.2 Å². The monoisotopic (exact) mass is 276 g/mol. The van der Waals surface area contributed by atoms with Crippen molar-refractivity contribution in [3.63, 3.8) is 0 Å². The number of nitriles is 1. The quantitative estimate of drug-likeness (QED) is 0.680. The lowest BCUT2D eigenvalue weighted by Gasteiger charge is -2.31. The molecule has 0 amide bonds. The minimum atomic E-state index is 0.222. The highest BCUT2D eigenvalue weighted by Gasteiger charge is 2.39. The van der Waals surface area contributed by atoms with Gasteiger partial charge in [0.1, 0.15) is 0 Å². The molecule has 0 spiro atoms. The van der Waals surface area contributed by atoms with Crippen LogP contribution in [0.25, 0.3) is 0 Å². The lowest BCUT2D eigenvalue weighted by atomic mass is 9.74. The summed E-state index contributed by atoms with van der Waals surface area (Å²) in [4.78, 5) is 0. The average molecular weight is 276 g/mol. The summed E-state index contributed by atoms with van der Waals surface area (Å²) in [5.74, 6) is 2.44. The topological polar surface area (TPSA) is 68.3 Å². The van der Waals surface area contributed by atoms with Crippen LogP contribution < -0.4 is 15.2 Å². The van der Waals surface area contributed by atoms with Crippen molar-refractivity contribution in [2.75, 3.05) is 14.2 Å². The molecule has 1 aliphatic rings. The summed E-state index contributed by atoms with van der Waals surface area (Å²) in [7, 11) is 3.42. The van der Waals surface area contributed by atoms with E-state index >= 15 is 0 Å². The minimum Gasteiger partial charge on any atom is -0.493 e. The van der Waals surface area contributed by atoms with E-state index in [0.717, 1.165) is 11.5 Å². The molecule has 0 aliphatic heterocycles. The molecule has 1 aliphatic carbocycles. The molecule has 1 saturated carbocycles. The third kappa shape index (κ3) is 2.98. The fourth-order valence-electron chi connectivity index (χ4n) is 3.08. The van der Waals surface area contributed by atoms with Gasteiger partial charge in [0.05, 0.1) is 14.2 Å². The van der Waals surface area contributed by atoms with E-state index in [0.29, 0.717) is 5.92 Å². The van der Waals surface area contributed by atoms with E-state index in [1.54, 1.807) is 14.2 Å². The van der Waals surface area contributed by atoms with E-state index in [9.17, 15) is 0 Å². The van der Waals surface area contributed by atoms with Gasteiger partial charge in [-0.2, -0.15) is 5.26 Å². The van der Waals surface area contributed by atoms with Gasteiger partial charge in [0.2, 0.25) is 0 Å². The van der Waals surface area contributed by atoms with Crippen LogP contribution in [0, 0.1) is 17.4 Å². The Hall–Kier alpha value is -1.89. The van der Waals surface area contributed by atoms with Crippen LogP contribution in [0.2, 0.25) is 0 Å². The third-order valence-electron chi connectivity index (χ3n) is 4.44. The van der Waals surface area contributed by atoms with E-state index in [-0.39, 0.29) is 5.41 Å². The Morgan fingerprint density at radius 2 is 2.00 bits per heavy atom. The van der Waals surface area contributed by atoms with Crippen LogP contribution in [0.3, 0.4) is 0 Å². The van der Waals surface area contributed by atoms with E-state index in [2.05, 4.69) is 31.7 Å². The Balaban J connectivity index is 0.000000612. The van der Waals surface area contributed by atoms with Gasteiger partial charge in [0.15, 0.2) is 17.7 Å². The summed E-state index contributed by atoms with van der Waals surface area (Å²) in [5, 5.41) is 7.10. The molecule has 0 aromatic heterocycles. The number of nitrogens with zero attached hydrogens (tertiary/aromatic N) is 1. The molecule has 2 unspecified atom stereocenters. The first-order chi connectivity index (χ1) is 9.54. The van der Waals surface area contributed by atoms with Gasteiger partial charge in [-0.25, -0.2) is 0 Å². The van der Waals surface area contributed by atoms with Crippen molar-refractivity contribution in [2.24, 2.45) is 11.7 Å². The summed E-state index contributed by atoms with van der Waals surface area (Å²) in [6.07, 6.45) is 5.09. The van der Waals surface area contributed by atoms with Crippen molar-refractivity contribution in [2.45, 2.75) is 38.5 Å². The zero-order chi connectivity index (χ0) is 15.2. The maximum absolute atomic E-state index is 7.10. The average Bonchev–Trinajstić information content (AvgIpc) is 2.79. The highest BCUT2D eigenvalue weighted by Crippen LogP contribution is 2.50. The number of nitrogens with two attached hydrogens (primary N) is 1. The van der Waals surface area contributed by atoms with Crippen molar-refractivity contribution in [1.82, 2.24) is 0 Å². The lowest BCUT2D eigenvalue weighted by molar-refractivity contribution is 0.319. The summed E-state index contributed by atoms with van der Waals surface area (Å²) < 4.78 is 11.0. The Kier molecular flexibility index (Phi) is 5.69. The van der Waals surface area contributed by atoms with Gasteiger partial charge in [0.25, 0.3) is 0 Å². The van der Waals surface area contributed by atoms with Crippen molar-refractivity contribution in [3.8, 4) is 17.7 Å². The number of methoxy groups -OCH3 is 2. The second-order valence-electron chi connectivity index (χ2n) is 5.38. The largest absolute Gasteiger partial charge is 0.493 e. The maximum Gasteiger partial charge on any atom is 0.173 e. The molecule has 2 N–H and O–H groups in total. The number of hydrogen-bond acceptors (Lipinski definition) is 4. The van der Waals surface area contributed by atoms with Crippen molar-refractivity contribution in [3.05, 3.63) is 23.8 Å². The second kappa shape index (κ2) is 7.04. The summed E-state index contributed by atoms with van der Waals surface area (Å²) >= 11 is 0. The normalized spacial score (nSPS) is 24.2. The molecule has 20 heavy (non-hydrogen) atoms. The van der Waals surface area contributed by atoms with Crippen molar-refractivity contribution in [1.29, 1.82) is 5.26 Å². The van der Waals surface area contributed by atoms with Crippen molar-refractivity contribution < 1.29 is 9.47 Å². The van der Waals surface area contributed by atoms with Gasteiger partial charge in [-0.15, -0.1) is 0 Å². The molecule has 0 saturated heterocycles. The van der Waals surface area contributed by atoms with Gasteiger partial charge < -0.3 is 15.2 Å². The Morgan fingerprint density at radius 3 is 2.45 bits per heavy atom. The molecule has 4 heteroatoms. The number of hydrogen-bond donors (Lipinski definition) is 1. The minimum absolute atomic E-state index is 0.222. The highest BCUT2D eigenvalue weighted by molar-refractivity contribution is 5.50. The standard InChI is InChI=1S/C15H22O2.CH2N2/c1-11-7-6-10-15(11,2)12-8-5-9-13(16-3)14(12)17-4;2-1-3/h5,8-9,11H,6-7,10H2,1-4H3;2H2. The van der Waals surface area contributed by atoms with E-state index in [1.165, 1.54) is 31.0 Å². The maximum atomic E-state index is 7.10. The zero-order valence-corrected chi connectivity index (χ0v) is 12.8. The van der Waals surface area contributed by atoms with Gasteiger partial charge in [-0.05, 0) is 30.2 Å². The predicted octanol–water partition coefficient (Wildman–Crippen LogP) is 3.21. The molecule has 0 radical (unpaired) electrons. The molecule has 1 aromatic carbocycles. The second-order valence-corrected chi connectivity index (χ2v) is 5.38.